The highest BCUT2D eigenvalue weighted by Gasteiger charge is 2.21. The molecule has 2 N–H and O–H groups in total. The molecule has 2 aromatic rings. The van der Waals surface area contributed by atoms with Crippen LogP contribution in [0.25, 0.3) is 0 Å². The molecule has 8 nitrogen and oxygen atoms in total. The molecule has 30 heavy (non-hydrogen) atoms. The van der Waals surface area contributed by atoms with Crippen molar-refractivity contribution in [1.82, 2.24) is 24.6 Å². The van der Waals surface area contributed by atoms with Crippen molar-refractivity contribution >= 4 is 52.4 Å². The van der Waals surface area contributed by atoms with Gasteiger partial charge in [0.2, 0.25) is 5.13 Å². The Morgan fingerprint density at radius 1 is 1.17 bits per heavy atom. The van der Waals surface area contributed by atoms with Crippen LogP contribution in [0.1, 0.15) is 32.5 Å². The van der Waals surface area contributed by atoms with Gasteiger partial charge in [-0.1, -0.05) is 13.0 Å². The Bertz CT molecular complexity index is 746. The van der Waals surface area contributed by atoms with E-state index >= 15 is 0 Å². The summed E-state index contributed by atoms with van der Waals surface area (Å²) in [7, 11) is 0. The molecule has 166 valence electrons. The topological polar surface area (TPSA) is 81.6 Å². The summed E-state index contributed by atoms with van der Waals surface area (Å²) in [5.74, 6) is 2.90. The van der Waals surface area contributed by atoms with Crippen LogP contribution in [0, 0.1) is 0 Å². The van der Waals surface area contributed by atoms with Gasteiger partial charge in [0.15, 0.2) is 5.96 Å². The number of rotatable bonds is 9. The van der Waals surface area contributed by atoms with Gasteiger partial charge in [-0.25, -0.2) is 9.97 Å². The monoisotopic (exact) mass is 544 g/mol. The van der Waals surface area contributed by atoms with Crippen molar-refractivity contribution in [2.75, 3.05) is 56.0 Å². The molecular weight excluding hydrogens is 511 g/mol. The number of anilines is 2. The van der Waals surface area contributed by atoms with Gasteiger partial charge in [-0.05, 0) is 31.9 Å². The third-order valence-electron chi connectivity index (χ3n) is 4.78. The molecule has 1 aliphatic rings. The number of aliphatic imine (C=N–C) groups is 1. The minimum Gasteiger partial charge on any atom is -0.370 e. The normalized spacial score (nSPS) is 14.4. The van der Waals surface area contributed by atoms with E-state index in [1.54, 1.807) is 0 Å². The minimum absolute atomic E-state index is 0. The van der Waals surface area contributed by atoms with E-state index < -0.39 is 0 Å². The maximum absolute atomic E-state index is 4.84. The summed E-state index contributed by atoms with van der Waals surface area (Å²) in [6.45, 7) is 10.7. The number of nitrogens with zero attached hydrogens (tertiary/aromatic N) is 6. The second kappa shape index (κ2) is 13.6. The predicted molar refractivity (Wildman–Crippen MR) is 136 cm³/mol. The number of hydrogen-bond donors (Lipinski definition) is 2. The number of aryl methyl sites for hydroxylation is 1. The number of guanidine groups is 1. The molecule has 1 saturated heterocycles. The molecule has 3 rings (SSSR count). The Morgan fingerprint density at radius 2 is 2.00 bits per heavy atom. The smallest absolute Gasteiger partial charge is 0.205 e. The Labute approximate surface area is 200 Å². The summed E-state index contributed by atoms with van der Waals surface area (Å²) in [6, 6.07) is 5.92. The fourth-order valence-corrected chi connectivity index (χ4v) is 3.96. The average molecular weight is 545 g/mol. The van der Waals surface area contributed by atoms with Crippen LogP contribution in [-0.4, -0.2) is 71.0 Å². The minimum atomic E-state index is 0. The molecule has 2 aromatic heterocycles. The fourth-order valence-electron chi connectivity index (χ4n) is 3.16. The molecule has 1 aliphatic heterocycles. The lowest BCUT2D eigenvalue weighted by molar-refractivity contribution is 0.372. The van der Waals surface area contributed by atoms with E-state index in [4.69, 9.17) is 4.99 Å². The van der Waals surface area contributed by atoms with Crippen LogP contribution < -0.4 is 15.5 Å². The SMILES string of the molecule is CCNC(=NCCCCNc1ccccn1)N1CCN(c2nc(CC)ns2)CC1.I. The summed E-state index contributed by atoms with van der Waals surface area (Å²) >= 11 is 1.51. The first-order chi connectivity index (χ1) is 14.3. The highest BCUT2D eigenvalue weighted by atomic mass is 127. The van der Waals surface area contributed by atoms with Gasteiger partial charge in [0.1, 0.15) is 11.6 Å². The lowest BCUT2D eigenvalue weighted by Crippen LogP contribution is -2.52. The molecule has 0 bridgehead atoms. The van der Waals surface area contributed by atoms with Crippen LogP contribution in [0.3, 0.4) is 0 Å². The largest absolute Gasteiger partial charge is 0.370 e. The van der Waals surface area contributed by atoms with Crippen LogP contribution in [0.15, 0.2) is 29.4 Å². The molecule has 0 aromatic carbocycles. The van der Waals surface area contributed by atoms with Gasteiger partial charge >= 0.3 is 0 Å². The zero-order chi connectivity index (χ0) is 20.3. The second-order valence-corrected chi connectivity index (χ2v) is 7.64. The van der Waals surface area contributed by atoms with E-state index in [0.29, 0.717) is 0 Å². The van der Waals surface area contributed by atoms with E-state index in [-0.39, 0.29) is 24.0 Å². The molecule has 10 heteroatoms. The fraction of sp³-hybridized carbons (Fsp3) is 0.600. The van der Waals surface area contributed by atoms with E-state index in [9.17, 15) is 0 Å². The van der Waals surface area contributed by atoms with Crippen molar-refractivity contribution in [3.05, 3.63) is 30.2 Å². The van der Waals surface area contributed by atoms with Crippen molar-refractivity contribution in [3.8, 4) is 0 Å². The number of nitrogens with one attached hydrogen (secondary N) is 2. The lowest BCUT2D eigenvalue weighted by atomic mass is 10.3. The molecule has 0 radical (unpaired) electrons. The predicted octanol–water partition coefficient (Wildman–Crippen LogP) is 3.09. The molecule has 1 fully saturated rings. The van der Waals surface area contributed by atoms with Crippen molar-refractivity contribution in [2.45, 2.75) is 33.1 Å². The Hall–Kier alpha value is -1.69. The first-order valence-corrected chi connectivity index (χ1v) is 11.3. The van der Waals surface area contributed by atoms with Gasteiger partial charge in [-0.3, -0.25) is 4.99 Å². The summed E-state index contributed by atoms with van der Waals surface area (Å²) < 4.78 is 4.41. The number of hydrogen-bond acceptors (Lipinski definition) is 7. The molecule has 0 saturated carbocycles. The van der Waals surface area contributed by atoms with E-state index in [1.165, 1.54) is 11.5 Å². The van der Waals surface area contributed by atoms with Crippen LogP contribution in [0.4, 0.5) is 10.9 Å². The number of piperazine rings is 1. The number of halogens is 1. The molecule has 0 spiro atoms. The standard InChI is InChI=1S/C20H32N8S.HI/c1-3-17-25-20(29-26-17)28-15-13-27(14-16-28)19(21-4-2)24-12-8-7-11-23-18-9-5-6-10-22-18;/h5-6,9-10H,3-4,7-8,11-16H2,1-2H3,(H,21,24)(H,22,23);1H. The third-order valence-corrected chi connectivity index (χ3v) is 5.59. The summed E-state index contributed by atoms with van der Waals surface area (Å²) in [5.41, 5.74) is 0. The number of aromatic nitrogens is 3. The van der Waals surface area contributed by atoms with Crippen LogP contribution in [-0.2, 0) is 6.42 Å². The Balaban J connectivity index is 0.00000320. The molecule has 0 aliphatic carbocycles. The quantitative estimate of drug-likeness (QED) is 0.217. The average Bonchev–Trinajstić information content (AvgIpc) is 3.25. The summed E-state index contributed by atoms with van der Waals surface area (Å²) in [6.07, 6.45) is 4.83. The van der Waals surface area contributed by atoms with Crippen molar-refractivity contribution in [2.24, 2.45) is 4.99 Å². The zero-order valence-electron chi connectivity index (χ0n) is 17.9. The van der Waals surface area contributed by atoms with Gasteiger partial charge in [0, 0.05) is 70.0 Å². The van der Waals surface area contributed by atoms with E-state index in [2.05, 4.69) is 48.6 Å². The van der Waals surface area contributed by atoms with Crippen molar-refractivity contribution in [1.29, 1.82) is 0 Å². The van der Waals surface area contributed by atoms with Crippen molar-refractivity contribution < 1.29 is 0 Å². The summed E-state index contributed by atoms with van der Waals surface area (Å²) in [5, 5.41) is 7.83. The molecular formula is C20H33IN8S. The first-order valence-electron chi connectivity index (χ1n) is 10.6. The highest BCUT2D eigenvalue weighted by molar-refractivity contribution is 14.0. The molecule has 3 heterocycles. The third kappa shape index (κ3) is 7.53. The molecule has 0 unspecified atom stereocenters. The van der Waals surface area contributed by atoms with Crippen LogP contribution >= 0.6 is 35.5 Å². The lowest BCUT2D eigenvalue weighted by Gasteiger charge is -2.36. The van der Waals surface area contributed by atoms with Crippen molar-refractivity contribution in [3.63, 3.8) is 0 Å². The van der Waals surface area contributed by atoms with Gasteiger partial charge in [-0.15, -0.1) is 24.0 Å². The highest BCUT2D eigenvalue weighted by Crippen LogP contribution is 2.19. The van der Waals surface area contributed by atoms with Gasteiger partial charge < -0.3 is 20.4 Å². The van der Waals surface area contributed by atoms with Gasteiger partial charge in [0.05, 0.1) is 0 Å². The molecule has 0 atom stereocenters. The molecule has 0 amide bonds. The van der Waals surface area contributed by atoms with Gasteiger partial charge in [-0.2, -0.15) is 4.37 Å². The van der Waals surface area contributed by atoms with E-state index in [1.807, 2.05) is 24.4 Å². The van der Waals surface area contributed by atoms with Crippen LogP contribution in [0.2, 0.25) is 0 Å². The number of unbranched alkanes of at least 4 members (excludes halogenated alkanes) is 1. The Kier molecular flexibility index (Phi) is 11.1. The van der Waals surface area contributed by atoms with E-state index in [0.717, 1.165) is 87.8 Å². The van der Waals surface area contributed by atoms with Crippen LogP contribution in [0.5, 0.6) is 0 Å². The number of pyridine rings is 1. The maximum Gasteiger partial charge on any atom is 0.205 e. The maximum atomic E-state index is 4.84. The zero-order valence-corrected chi connectivity index (χ0v) is 21.0. The summed E-state index contributed by atoms with van der Waals surface area (Å²) in [4.78, 5) is 18.4. The second-order valence-electron chi connectivity index (χ2n) is 6.91. The van der Waals surface area contributed by atoms with Gasteiger partial charge in [0.25, 0.3) is 0 Å². The Morgan fingerprint density at radius 3 is 2.67 bits per heavy atom. The first kappa shape index (κ1) is 24.6.